The van der Waals surface area contributed by atoms with Gasteiger partial charge in [0.05, 0.1) is 6.10 Å². The third-order valence-electron chi connectivity index (χ3n) is 3.19. The van der Waals surface area contributed by atoms with Gasteiger partial charge in [0.2, 0.25) is 0 Å². The molecule has 1 aliphatic carbocycles. The zero-order valence-electron chi connectivity index (χ0n) is 8.11. The Balaban J connectivity index is 1.93. The van der Waals surface area contributed by atoms with E-state index in [0.717, 1.165) is 19.4 Å². The molecule has 1 saturated heterocycles. The molecule has 74 valence electrons. The van der Waals surface area contributed by atoms with Gasteiger partial charge in [-0.25, -0.2) is 0 Å². The maximum Gasteiger partial charge on any atom is 0.0757 e. The first-order valence-electron chi connectivity index (χ1n) is 5.40. The second-order valence-corrected chi connectivity index (χ2v) is 4.19. The summed E-state index contributed by atoms with van der Waals surface area (Å²) < 4.78 is 5.77. The zero-order valence-corrected chi connectivity index (χ0v) is 8.11. The van der Waals surface area contributed by atoms with Gasteiger partial charge in [0.15, 0.2) is 0 Å². The SMILES string of the molecule is NC1CCCOC1C1CC=CCC1. The molecule has 1 aliphatic heterocycles. The van der Waals surface area contributed by atoms with Crippen LogP contribution in [0.25, 0.3) is 0 Å². The standard InChI is InChI=1S/C11H19NO/c12-10-7-4-8-13-11(10)9-5-2-1-3-6-9/h1-2,9-11H,3-8,12H2. The van der Waals surface area contributed by atoms with Crippen molar-refractivity contribution >= 4 is 0 Å². The van der Waals surface area contributed by atoms with E-state index in [2.05, 4.69) is 12.2 Å². The molecule has 1 heterocycles. The zero-order chi connectivity index (χ0) is 9.10. The summed E-state index contributed by atoms with van der Waals surface area (Å²) >= 11 is 0. The quantitative estimate of drug-likeness (QED) is 0.626. The van der Waals surface area contributed by atoms with Gasteiger partial charge in [0, 0.05) is 12.6 Å². The Morgan fingerprint density at radius 1 is 1.23 bits per heavy atom. The lowest BCUT2D eigenvalue weighted by Crippen LogP contribution is -2.45. The van der Waals surface area contributed by atoms with E-state index in [1.54, 1.807) is 0 Å². The second-order valence-electron chi connectivity index (χ2n) is 4.19. The van der Waals surface area contributed by atoms with E-state index in [1.165, 1.54) is 19.3 Å². The first kappa shape index (κ1) is 9.22. The molecule has 0 aromatic carbocycles. The Hall–Kier alpha value is -0.340. The summed E-state index contributed by atoms with van der Waals surface area (Å²) in [7, 11) is 0. The minimum Gasteiger partial charge on any atom is -0.376 e. The van der Waals surface area contributed by atoms with Crippen molar-refractivity contribution in [2.75, 3.05) is 6.61 Å². The van der Waals surface area contributed by atoms with Crippen LogP contribution >= 0.6 is 0 Å². The van der Waals surface area contributed by atoms with Crippen molar-refractivity contribution in [3.05, 3.63) is 12.2 Å². The maximum atomic E-state index is 6.06. The smallest absolute Gasteiger partial charge is 0.0757 e. The molecule has 2 rings (SSSR count). The summed E-state index contributed by atoms with van der Waals surface area (Å²) in [5.74, 6) is 0.681. The number of hydrogen-bond acceptors (Lipinski definition) is 2. The molecular formula is C11H19NO. The van der Waals surface area contributed by atoms with Gasteiger partial charge in [-0.15, -0.1) is 0 Å². The number of rotatable bonds is 1. The molecule has 2 heteroatoms. The van der Waals surface area contributed by atoms with Crippen molar-refractivity contribution in [2.24, 2.45) is 11.7 Å². The fraction of sp³-hybridized carbons (Fsp3) is 0.818. The van der Waals surface area contributed by atoms with Crippen LogP contribution < -0.4 is 5.73 Å². The maximum absolute atomic E-state index is 6.06. The largest absolute Gasteiger partial charge is 0.376 e. The summed E-state index contributed by atoms with van der Waals surface area (Å²) in [5.41, 5.74) is 6.06. The highest BCUT2D eigenvalue weighted by molar-refractivity contribution is 4.95. The molecular weight excluding hydrogens is 162 g/mol. The van der Waals surface area contributed by atoms with Crippen LogP contribution in [-0.2, 0) is 4.74 Å². The molecule has 1 fully saturated rings. The van der Waals surface area contributed by atoms with Crippen molar-refractivity contribution in [1.29, 1.82) is 0 Å². The van der Waals surface area contributed by atoms with Crippen molar-refractivity contribution in [2.45, 2.75) is 44.2 Å². The van der Waals surface area contributed by atoms with Crippen molar-refractivity contribution in [3.63, 3.8) is 0 Å². The summed E-state index contributed by atoms with van der Waals surface area (Å²) in [6.45, 7) is 0.915. The van der Waals surface area contributed by atoms with Crippen LogP contribution in [0, 0.1) is 5.92 Å². The number of allylic oxidation sites excluding steroid dienone is 2. The van der Waals surface area contributed by atoms with E-state index < -0.39 is 0 Å². The van der Waals surface area contributed by atoms with Crippen LogP contribution in [0.15, 0.2) is 12.2 Å². The summed E-state index contributed by atoms with van der Waals surface area (Å²) in [6.07, 6.45) is 10.8. The van der Waals surface area contributed by atoms with Crippen LogP contribution in [0.4, 0.5) is 0 Å². The van der Waals surface area contributed by atoms with Gasteiger partial charge in [-0.2, -0.15) is 0 Å². The van der Waals surface area contributed by atoms with Gasteiger partial charge >= 0.3 is 0 Å². The molecule has 3 atom stereocenters. The molecule has 3 unspecified atom stereocenters. The Morgan fingerprint density at radius 3 is 2.85 bits per heavy atom. The molecule has 13 heavy (non-hydrogen) atoms. The van der Waals surface area contributed by atoms with Gasteiger partial charge in [-0.3, -0.25) is 0 Å². The van der Waals surface area contributed by atoms with Gasteiger partial charge in [-0.1, -0.05) is 12.2 Å². The molecule has 0 aromatic heterocycles. The first-order chi connectivity index (χ1) is 6.38. The van der Waals surface area contributed by atoms with Crippen molar-refractivity contribution in [3.8, 4) is 0 Å². The molecule has 0 spiro atoms. The second kappa shape index (κ2) is 4.25. The molecule has 0 bridgehead atoms. The predicted molar refractivity (Wildman–Crippen MR) is 53.4 cm³/mol. The van der Waals surface area contributed by atoms with Crippen LogP contribution in [0.3, 0.4) is 0 Å². The Bertz CT molecular complexity index is 191. The van der Waals surface area contributed by atoms with E-state index in [9.17, 15) is 0 Å². The Morgan fingerprint density at radius 2 is 2.15 bits per heavy atom. The third-order valence-corrected chi connectivity index (χ3v) is 3.19. The van der Waals surface area contributed by atoms with Crippen LogP contribution in [0.2, 0.25) is 0 Å². The van der Waals surface area contributed by atoms with Crippen molar-refractivity contribution in [1.82, 2.24) is 0 Å². The number of nitrogens with two attached hydrogens (primary N) is 1. The molecule has 0 amide bonds. The lowest BCUT2D eigenvalue weighted by atomic mass is 9.84. The highest BCUT2D eigenvalue weighted by atomic mass is 16.5. The predicted octanol–water partition coefficient (Wildman–Crippen LogP) is 1.85. The van der Waals surface area contributed by atoms with Gasteiger partial charge in [0.1, 0.15) is 0 Å². The summed E-state index contributed by atoms with van der Waals surface area (Å²) in [6, 6.07) is 0.283. The lowest BCUT2D eigenvalue weighted by molar-refractivity contribution is -0.0363. The highest BCUT2D eigenvalue weighted by Gasteiger charge is 2.30. The molecule has 0 saturated carbocycles. The lowest BCUT2D eigenvalue weighted by Gasteiger charge is -2.35. The number of ether oxygens (including phenoxy) is 1. The molecule has 2 aliphatic rings. The average Bonchev–Trinajstić information content (AvgIpc) is 2.20. The first-order valence-corrected chi connectivity index (χ1v) is 5.40. The normalized spacial score (nSPS) is 40.5. The molecule has 0 aromatic rings. The molecule has 2 nitrogen and oxygen atoms in total. The third kappa shape index (κ3) is 2.12. The fourth-order valence-corrected chi connectivity index (χ4v) is 2.43. The van der Waals surface area contributed by atoms with E-state index in [-0.39, 0.29) is 6.04 Å². The van der Waals surface area contributed by atoms with Gasteiger partial charge in [-0.05, 0) is 38.0 Å². The topological polar surface area (TPSA) is 35.2 Å². The average molecular weight is 181 g/mol. The Labute approximate surface area is 80.1 Å². The number of hydrogen-bond donors (Lipinski definition) is 1. The minimum absolute atomic E-state index is 0.283. The van der Waals surface area contributed by atoms with E-state index in [0.29, 0.717) is 12.0 Å². The van der Waals surface area contributed by atoms with E-state index in [4.69, 9.17) is 10.5 Å². The summed E-state index contributed by atoms with van der Waals surface area (Å²) in [5, 5.41) is 0. The van der Waals surface area contributed by atoms with E-state index in [1.807, 2.05) is 0 Å². The highest BCUT2D eigenvalue weighted by Crippen LogP contribution is 2.28. The van der Waals surface area contributed by atoms with Crippen LogP contribution in [-0.4, -0.2) is 18.8 Å². The molecule has 2 N–H and O–H groups in total. The van der Waals surface area contributed by atoms with Crippen LogP contribution in [0.5, 0.6) is 0 Å². The van der Waals surface area contributed by atoms with Gasteiger partial charge < -0.3 is 10.5 Å². The summed E-state index contributed by atoms with van der Waals surface area (Å²) in [4.78, 5) is 0. The monoisotopic (exact) mass is 181 g/mol. The molecule has 0 radical (unpaired) electrons. The Kier molecular flexibility index (Phi) is 3.01. The van der Waals surface area contributed by atoms with Gasteiger partial charge in [0.25, 0.3) is 0 Å². The van der Waals surface area contributed by atoms with Crippen LogP contribution in [0.1, 0.15) is 32.1 Å². The van der Waals surface area contributed by atoms with E-state index >= 15 is 0 Å². The fourth-order valence-electron chi connectivity index (χ4n) is 2.43. The minimum atomic E-state index is 0.283. The van der Waals surface area contributed by atoms with Crippen molar-refractivity contribution < 1.29 is 4.74 Å².